The molecule has 0 radical (unpaired) electrons. The fraction of sp³-hybridized carbons (Fsp3) is 0.985. The maximum absolute atomic E-state index is 13.2. The summed E-state index contributed by atoms with van der Waals surface area (Å²) in [5.74, 6) is -0.249. The monoisotopic (exact) mass is 1220 g/mol. The number of nitrogens with one attached hydrogen (secondary N) is 1. The lowest BCUT2D eigenvalue weighted by Gasteiger charge is -2.48. The molecule has 3 rings (SSSR count). The van der Waals surface area contributed by atoms with E-state index in [4.69, 9.17) is 28.4 Å². The normalized spacial score (nSPS) is 28.9. The van der Waals surface area contributed by atoms with Crippen LogP contribution in [0.5, 0.6) is 0 Å². The van der Waals surface area contributed by atoms with E-state index in [-0.39, 0.29) is 18.9 Å². The van der Waals surface area contributed by atoms with E-state index >= 15 is 0 Å². The Labute approximate surface area is 513 Å². The Kier molecular flexibility index (Phi) is 45.4. The van der Waals surface area contributed by atoms with Gasteiger partial charge in [0, 0.05) is 6.42 Å². The summed E-state index contributed by atoms with van der Waals surface area (Å²) in [5, 5.41) is 119. The molecule has 3 saturated heterocycles. The van der Waals surface area contributed by atoms with E-state index < -0.39 is 124 Å². The number of amides is 1. The van der Waals surface area contributed by atoms with Crippen LogP contribution in [-0.2, 0) is 33.2 Å². The molecule has 0 aromatic rings. The maximum Gasteiger partial charge on any atom is 0.220 e. The smallest absolute Gasteiger partial charge is 0.220 e. The van der Waals surface area contributed by atoms with Crippen molar-refractivity contribution in [3.8, 4) is 0 Å². The summed E-state index contributed by atoms with van der Waals surface area (Å²) in [5.41, 5.74) is 0. The maximum atomic E-state index is 13.2. The molecule has 19 heteroatoms. The zero-order chi connectivity index (χ0) is 61.9. The van der Waals surface area contributed by atoms with Gasteiger partial charge >= 0.3 is 0 Å². The number of hydrogen-bond acceptors (Lipinski definition) is 18. The predicted molar refractivity (Wildman–Crippen MR) is 328 cm³/mol. The van der Waals surface area contributed by atoms with Crippen LogP contribution in [0.3, 0.4) is 0 Å². The SMILES string of the molecule is CCCCCCCCCCCCCCCCCCCCCCCCCCCCCCCCCCCCCCCC(=O)NC(COC1OC(CO)C(OC2OC(CO)C(OC3OC(CO)C(O)C(O)C3O)C(O)C2O)C(O)C1O)C(O)CCCCC. The van der Waals surface area contributed by atoms with Gasteiger partial charge in [0.05, 0.1) is 38.6 Å². The highest BCUT2D eigenvalue weighted by Crippen LogP contribution is 2.33. The van der Waals surface area contributed by atoms with E-state index in [1.807, 2.05) is 6.92 Å². The Balaban J connectivity index is 1.19. The van der Waals surface area contributed by atoms with Crippen LogP contribution in [-0.4, -0.2) is 193 Å². The molecule has 0 bridgehead atoms. The molecule has 0 aliphatic carbocycles. The molecule has 3 aliphatic heterocycles. The van der Waals surface area contributed by atoms with E-state index in [0.717, 1.165) is 32.1 Å². The summed E-state index contributed by atoms with van der Waals surface area (Å²) in [4.78, 5) is 13.2. The van der Waals surface area contributed by atoms with Gasteiger partial charge in [-0.05, 0) is 12.8 Å². The van der Waals surface area contributed by atoms with Crippen LogP contribution in [0.1, 0.15) is 284 Å². The molecular formula is C66H127NO18. The van der Waals surface area contributed by atoms with Crippen molar-refractivity contribution in [1.82, 2.24) is 5.32 Å². The topological polar surface area (TPSA) is 307 Å². The first-order valence-corrected chi connectivity index (χ1v) is 34.8. The number of unbranched alkanes of at least 4 members (excludes halogenated alkanes) is 38. The average Bonchev–Trinajstić information content (AvgIpc) is 3.44. The number of ether oxygens (including phenoxy) is 6. The first-order chi connectivity index (χ1) is 41.3. The fourth-order valence-electron chi connectivity index (χ4n) is 12.3. The Hall–Kier alpha value is -1.21. The molecule has 1 amide bonds. The van der Waals surface area contributed by atoms with E-state index in [0.29, 0.717) is 19.3 Å². The van der Waals surface area contributed by atoms with Crippen LogP contribution in [0.4, 0.5) is 0 Å². The Bertz CT molecular complexity index is 1550. The number of hydrogen-bond donors (Lipinski definition) is 12. The molecule has 12 N–H and O–H groups in total. The minimum absolute atomic E-state index is 0.249. The van der Waals surface area contributed by atoms with Crippen LogP contribution < -0.4 is 5.32 Å². The van der Waals surface area contributed by atoms with Crippen molar-refractivity contribution in [3.63, 3.8) is 0 Å². The van der Waals surface area contributed by atoms with Crippen molar-refractivity contribution < 1.29 is 89.4 Å². The van der Waals surface area contributed by atoms with Gasteiger partial charge in [-0.3, -0.25) is 4.79 Å². The van der Waals surface area contributed by atoms with Crippen LogP contribution >= 0.6 is 0 Å². The van der Waals surface area contributed by atoms with Gasteiger partial charge in [0.15, 0.2) is 18.9 Å². The second-order valence-electron chi connectivity index (χ2n) is 25.4. The lowest BCUT2D eigenvalue weighted by atomic mass is 9.96. The van der Waals surface area contributed by atoms with Crippen molar-refractivity contribution in [1.29, 1.82) is 0 Å². The van der Waals surface area contributed by atoms with Crippen molar-refractivity contribution in [2.24, 2.45) is 0 Å². The van der Waals surface area contributed by atoms with Crippen molar-refractivity contribution in [2.75, 3.05) is 26.4 Å². The van der Waals surface area contributed by atoms with E-state index in [2.05, 4.69) is 12.2 Å². The molecule has 0 aromatic heterocycles. The summed E-state index contributed by atoms with van der Waals surface area (Å²) in [6, 6.07) is -0.877. The molecule has 85 heavy (non-hydrogen) atoms. The Morgan fingerprint density at radius 1 is 0.376 bits per heavy atom. The minimum Gasteiger partial charge on any atom is -0.394 e. The van der Waals surface area contributed by atoms with Crippen molar-refractivity contribution in [2.45, 2.75) is 388 Å². The summed E-state index contributed by atoms with van der Waals surface area (Å²) in [7, 11) is 0. The zero-order valence-electron chi connectivity index (χ0n) is 53.1. The van der Waals surface area contributed by atoms with Crippen molar-refractivity contribution >= 4 is 5.91 Å². The van der Waals surface area contributed by atoms with Gasteiger partial charge < -0.3 is 89.9 Å². The zero-order valence-corrected chi connectivity index (χ0v) is 53.1. The highest BCUT2D eigenvalue weighted by atomic mass is 16.8. The van der Waals surface area contributed by atoms with Crippen LogP contribution in [0.2, 0.25) is 0 Å². The van der Waals surface area contributed by atoms with Gasteiger partial charge in [-0.25, -0.2) is 0 Å². The Morgan fingerprint density at radius 2 is 0.671 bits per heavy atom. The van der Waals surface area contributed by atoms with Gasteiger partial charge in [0.25, 0.3) is 0 Å². The molecule has 17 atom stereocenters. The molecule has 3 heterocycles. The first kappa shape index (κ1) is 78.0. The molecule has 0 aromatic carbocycles. The van der Waals surface area contributed by atoms with Crippen LogP contribution in [0, 0.1) is 0 Å². The van der Waals surface area contributed by atoms with Gasteiger partial charge in [0.1, 0.15) is 73.2 Å². The van der Waals surface area contributed by atoms with Gasteiger partial charge in [-0.2, -0.15) is 0 Å². The number of aliphatic hydroxyl groups excluding tert-OH is 11. The minimum atomic E-state index is -1.97. The third kappa shape index (κ3) is 32.1. The molecule has 3 aliphatic rings. The summed E-state index contributed by atoms with van der Waals surface area (Å²) < 4.78 is 34.1. The summed E-state index contributed by atoms with van der Waals surface area (Å²) >= 11 is 0. The predicted octanol–water partition coefficient (Wildman–Crippen LogP) is 8.72. The fourth-order valence-corrected chi connectivity index (χ4v) is 12.3. The molecule has 3 fully saturated rings. The third-order valence-electron chi connectivity index (χ3n) is 17.9. The number of rotatable bonds is 54. The molecule has 504 valence electrons. The van der Waals surface area contributed by atoms with E-state index in [9.17, 15) is 61.0 Å². The lowest BCUT2D eigenvalue weighted by molar-refractivity contribution is -0.379. The number of carbonyl (C=O) groups is 1. The standard InChI is InChI=1S/C66H127NO18/c1-3-5-7-8-9-10-11-12-13-14-15-16-17-18-19-20-21-22-23-24-25-26-27-28-29-30-31-32-33-34-35-36-37-38-39-40-42-44-54(72)67-49(50(71)43-41-6-4-2)48-80-64-60(78)57(75)62(52(46-69)82-64)85-66-61(79)58(76)63(53(47-70)83-66)84-65-59(77)56(74)55(73)51(45-68)81-65/h49-53,55-66,68-71,73-79H,3-48H2,1-2H3,(H,67,72). The highest BCUT2D eigenvalue weighted by Gasteiger charge is 2.53. The molecule has 0 saturated carbocycles. The second-order valence-corrected chi connectivity index (χ2v) is 25.4. The van der Waals surface area contributed by atoms with Gasteiger partial charge in [-0.15, -0.1) is 0 Å². The molecule has 19 nitrogen and oxygen atoms in total. The number of aliphatic hydroxyl groups is 11. The van der Waals surface area contributed by atoms with E-state index in [1.165, 1.54) is 212 Å². The van der Waals surface area contributed by atoms with Crippen LogP contribution in [0.25, 0.3) is 0 Å². The summed E-state index contributed by atoms with van der Waals surface area (Å²) in [6.45, 7) is 1.63. The lowest BCUT2D eigenvalue weighted by Crippen LogP contribution is -2.66. The first-order valence-electron chi connectivity index (χ1n) is 34.8. The van der Waals surface area contributed by atoms with E-state index in [1.54, 1.807) is 0 Å². The molecular weight excluding hydrogens is 1090 g/mol. The molecule has 0 spiro atoms. The van der Waals surface area contributed by atoms with Gasteiger partial charge in [0.2, 0.25) is 5.91 Å². The second kappa shape index (κ2) is 49.5. The quantitative estimate of drug-likeness (QED) is 0.0253. The van der Waals surface area contributed by atoms with Gasteiger partial charge in [-0.1, -0.05) is 264 Å². The largest absolute Gasteiger partial charge is 0.394 e. The highest BCUT2D eigenvalue weighted by molar-refractivity contribution is 5.76. The third-order valence-corrected chi connectivity index (χ3v) is 17.9. The Morgan fingerprint density at radius 3 is 1.02 bits per heavy atom. The molecule has 17 unspecified atom stereocenters. The summed E-state index contributed by atoms with van der Waals surface area (Å²) in [6.07, 6.45) is 26.7. The average molecular weight is 1220 g/mol. The number of carbonyl (C=O) groups excluding carboxylic acids is 1. The van der Waals surface area contributed by atoms with Crippen LogP contribution in [0.15, 0.2) is 0 Å². The van der Waals surface area contributed by atoms with Crippen molar-refractivity contribution in [3.05, 3.63) is 0 Å².